The summed E-state index contributed by atoms with van der Waals surface area (Å²) in [6.07, 6.45) is 7.55. The summed E-state index contributed by atoms with van der Waals surface area (Å²) in [5.41, 5.74) is 2.84. The van der Waals surface area contributed by atoms with Gasteiger partial charge in [0.25, 0.3) is 0 Å². The van der Waals surface area contributed by atoms with E-state index >= 15 is 0 Å². The zero-order chi connectivity index (χ0) is 10.8. The van der Waals surface area contributed by atoms with Gasteiger partial charge in [-0.25, -0.2) is 0 Å². The monoisotopic (exact) mass is 200 g/mol. The number of nitrogens with two attached hydrogens (primary N) is 1. The van der Waals surface area contributed by atoms with Crippen molar-refractivity contribution in [2.24, 2.45) is 5.84 Å². The summed E-state index contributed by atoms with van der Waals surface area (Å²) in [5.74, 6) is 5.51. The molecule has 0 radical (unpaired) electrons. The summed E-state index contributed by atoms with van der Waals surface area (Å²) in [6, 6.07) is 0.264. The molecule has 0 aliphatic carbocycles. The third-order valence-corrected chi connectivity index (χ3v) is 2.46. The average Bonchev–Trinajstić information content (AvgIpc) is 2.22. The molecule has 0 amide bonds. The number of unbranched alkanes of at least 4 members (excludes halogenated alkanes) is 1. The molecule has 0 aromatic carbocycles. The van der Waals surface area contributed by atoms with Crippen molar-refractivity contribution < 1.29 is 4.74 Å². The highest BCUT2D eigenvalue weighted by molar-refractivity contribution is 4.76. The van der Waals surface area contributed by atoms with Crippen LogP contribution in [0.1, 0.15) is 39.0 Å². The molecule has 0 bridgehead atoms. The maximum absolute atomic E-state index is 5.51. The van der Waals surface area contributed by atoms with Crippen molar-refractivity contribution in [3.8, 4) is 0 Å². The second-order valence-electron chi connectivity index (χ2n) is 3.56. The molecule has 0 aliphatic heterocycles. The Labute approximate surface area is 87.7 Å². The molecule has 3 heteroatoms. The molecular formula is C11H24N2O. The van der Waals surface area contributed by atoms with Crippen LogP contribution in [0.3, 0.4) is 0 Å². The van der Waals surface area contributed by atoms with Gasteiger partial charge in [0.1, 0.15) is 0 Å². The SMILES string of the molecule is C=CCCCC(NN)C(CCC)OC. The minimum atomic E-state index is 0.231. The standard InChI is InChI=1S/C11H24N2O/c1-4-6-7-9-10(13-12)11(14-3)8-5-2/h4,10-11,13H,1,5-9,12H2,2-3H3. The number of hydrazine groups is 1. The molecule has 0 spiro atoms. The third-order valence-electron chi connectivity index (χ3n) is 2.46. The lowest BCUT2D eigenvalue weighted by Gasteiger charge is -2.24. The van der Waals surface area contributed by atoms with E-state index in [0.717, 1.165) is 32.1 Å². The van der Waals surface area contributed by atoms with E-state index in [1.54, 1.807) is 7.11 Å². The summed E-state index contributed by atoms with van der Waals surface area (Å²) >= 11 is 0. The van der Waals surface area contributed by atoms with Crippen molar-refractivity contribution in [2.75, 3.05) is 7.11 Å². The predicted octanol–water partition coefficient (Wildman–Crippen LogP) is 1.99. The second kappa shape index (κ2) is 9.19. The first-order chi connectivity index (χ1) is 6.79. The number of allylic oxidation sites excluding steroid dienone is 1. The molecule has 0 aliphatic rings. The van der Waals surface area contributed by atoms with Crippen LogP contribution in [-0.2, 0) is 4.74 Å². The molecule has 0 saturated heterocycles. The zero-order valence-electron chi connectivity index (χ0n) is 9.46. The Morgan fingerprint density at radius 1 is 1.50 bits per heavy atom. The van der Waals surface area contributed by atoms with E-state index in [0.29, 0.717) is 0 Å². The second-order valence-corrected chi connectivity index (χ2v) is 3.56. The van der Waals surface area contributed by atoms with Crippen LogP contribution in [0.2, 0.25) is 0 Å². The third kappa shape index (κ3) is 5.37. The van der Waals surface area contributed by atoms with Crippen molar-refractivity contribution in [3.05, 3.63) is 12.7 Å². The molecule has 0 saturated carbocycles. The van der Waals surface area contributed by atoms with Gasteiger partial charge >= 0.3 is 0 Å². The molecule has 0 fully saturated rings. The van der Waals surface area contributed by atoms with Gasteiger partial charge in [0.15, 0.2) is 0 Å². The van der Waals surface area contributed by atoms with Crippen LogP contribution in [0, 0.1) is 0 Å². The fourth-order valence-electron chi connectivity index (χ4n) is 1.63. The Balaban J connectivity index is 3.87. The zero-order valence-corrected chi connectivity index (χ0v) is 9.46. The number of hydrogen-bond acceptors (Lipinski definition) is 3. The Bertz CT molecular complexity index is 139. The average molecular weight is 200 g/mol. The number of methoxy groups -OCH3 is 1. The molecule has 3 nitrogen and oxygen atoms in total. The van der Waals surface area contributed by atoms with Crippen LogP contribution in [0.5, 0.6) is 0 Å². The highest BCUT2D eigenvalue weighted by Gasteiger charge is 2.18. The van der Waals surface area contributed by atoms with Crippen LogP contribution in [0.15, 0.2) is 12.7 Å². The maximum Gasteiger partial charge on any atom is 0.0737 e. The van der Waals surface area contributed by atoms with E-state index in [9.17, 15) is 0 Å². The van der Waals surface area contributed by atoms with Crippen LogP contribution in [0.4, 0.5) is 0 Å². The van der Waals surface area contributed by atoms with E-state index in [1.807, 2.05) is 6.08 Å². The van der Waals surface area contributed by atoms with Crippen molar-refractivity contribution in [1.82, 2.24) is 5.43 Å². The Hall–Kier alpha value is -0.380. The molecule has 0 heterocycles. The fourth-order valence-corrected chi connectivity index (χ4v) is 1.63. The van der Waals surface area contributed by atoms with Crippen LogP contribution in [-0.4, -0.2) is 19.3 Å². The fraction of sp³-hybridized carbons (Fsp3) is 0.818. The normalized spacial score (nSPS) is 15.1. The molecule has 14 heavy (non-hydrogen) atoms. The number of ether oxygens (including phenoxy) is 1. The van der Waals surface area contributed by atoms with Gasteiger partial charge in [-0.1, -0.05) is 19.4 Å². The summed E-state index contributed by atoms with van der Waals surface area (Å²) in [6.45, 7) is 5.86. The summed E-state index contributed by atoms with van der Waals surface area (Å²) in [5, 5.41) is 0. The van der Waals surface area contributed by atoms with Gasteiger partial charge in [-0.3, -0.25) is 11.3 Å². The van der Waals surface area contributed by atoms with Gasteiger partial charge in [0.2, 0.25) is 0 Å². The summed E-state index contributed by atoms with van der Waals surface area (Å²) in [4.78, 5) is 0. The Kier molecular flexibility index (Phi) is 8.94. The number of hydrogen-bond donors (Lipinski definition) is 2. The number of rotatable bonds is 9. The van der Waals surface area contributed by atoms with Gasteiger partial charge in [0.05, 0.1) is 6.10 Å². The van der Waals surface area contributed by atoms with E-state index < -0.39 is 0 Å². The first-order valence-electron chi connectivity index (χ1n) is 5.39. The van der Waals surface area contributed by atoms with E-state index in [2.05, 4.69) is 18.9 Å². The highest BCUT2D eigenvalue weighted by atomic mass is 16.5. The topological polar surface area (TPSA) is 47.3 Å². The van der Waals surface area contributed by atoms with Crippen LogP contribution in [0.25, 0.3) is 0 Å². The molecule has 2 unspecified atom stereocenters. The van der Waals surface area contributed by atoms with Crippen LogP contribution < -0.4 is 11.3 Å². The maximum atomic E-state index is 5.51. The lowest BCUT2D eigenvalue weighted by molar-refractivity contribution is 0.0576. The molecule has 0 aromatic rings. The Morgan fingerprint density at radius 2 is 2.21 bits per heavy atom. The lowest BCUT2D eigenvalue weighted by Crippen LogP contribution is -2.44. The van der Waals surface area contributed by atoms with Gasteiger partial charge < -0.3 is 4.74 Å². The molecule has 2 atom stereocenters. The predicted molar refractivity (Wildman–Crippen MR) is 60.9 cm³/mol. The molecular weight excluding hydrogens is 176 g/mol. The van der Waals surface area contributed by atoms with E-state index in [-0.39, 0.29) is 12.1 Å². The van der Waals surface area contributed by atoms with E-state index in [1.165, 1.54) is 0 Å². The van der Waals surface area contributed by atoms with Crippen molar-refractivity contribution >= 4 is 0 Å². The highest BCUT2D eigenvalue weighted by Crippen LogP contribution is 2.12. The van der Waals surface area contributed by atoms with Crippen molar-refractivity contribution in [3.63, 3.8) is 0 Å². The molecule has 0 rings (SSSR count). The van der Waals surface area contributed by atoms with Gasteiger partial charge in [-0.15, -0.1) is 6.58 Å². The smallest absolute Gasteiger partial charge is 0.0737 e. The van der Waals surface area contributed by atoms with Gasteiger partial charge in [-0.05, 0) is 25.7 Å². The summed E-state index contributed by atoms with van der Waals surface area (Å²) < 4.78 is 5.41. The largest absolute Gasteiger partial charge is 0.380 e. The molecule has 3 N–H and O–H groups in total. The Morgan fingerprint density at radius 3 is 2.64 bits per heavy atom. The number of nitrogens with one attached hydrogen (secondary N) is 1. The minimum absolute atomic E-state index is 0.231. The first kappa shape index (κ1) is 13.6. The van der Waals surface area contributed by atoms with Gasteiger partial charge in [-0.2, -0.15) is 0 Å². The molecule has 84 valence electrons. The quantitative estimate of drug-likeness (QED) is 0.259. The minimum Gasteiger partial charge on any atom is -0.380 e. The molecule has 0 aromatic heterocycles. The van der Waals surface area contributed by atoms with Gasteiger partial charge in [0, 0.05) is 13.2 Å². The van der Waals surface area contributed by atoms with Crippen molar-refractivity contribution in [2.45, 2.75) is 51.2 Å². The lowest BCUT2D eigenvalue weighted by atomic mass is 10.0. The van der Waals surface area contributed by atoms with E-state index in [4.69, 9.17) is 10.6 Å². The first-order valence-corrected chi connectivity index (χ1v) is 5.39. The van der Waals surface area contributed by atoms with Crippen LogP contribution >= 0.6 is 0 Å². The van der Waals surface area contributed by atoms with Crippen molar-refractivity contribution in [1.29, 1.82) is 0 Å². The summed E-state index contributed by atoms with van der Waals surface area (Å²) in [7, 11) is 1.75.